The number of aliphatic hydroxyl groups excluding tert-OH is 1. The van der Waals surface area contributed by atoms with Crippen molar-refractivity contribution in [1.29, 1.82) is 0 Å². The first-order valence-electron chi connectivity index (χ1n) is 9.31. The maximum absolute atomic E-state index is 13.5. The Balaban J connectivity index is 2.10. The molecule has 2 aromatic carbocycles. The van der Waals surface area contributed by atoms with E-state index in [-0.39, 0.29) is 46.2 Å². The van der Waals surface area contributed by atoms with Crippen molar-refractivity contribution in [3.8, 4) is 0 Å². The molecular weight excluding hydrogens is 432 g/mol. The van der Waals surface area contributed by atoms with Crippen molar-refractivity contribution in [2.45, 2.75) is 26.0 Å². The van der Waals surface area contributed by atoms with E-state index >= 15 is 0 Å². The molecule has 1 heterocycles. The molecule has 0 aromatic heterocycles. The smallest absolute Gasteiger partial charge is 0.295 e. The summed E-state index contributed by atoms with van der Waals surface area (Å²) in [6.45, 7) is 4.05. The number of halogens is 3. The summed E-state index contributed by atoms with van der Waals surface area (Å²) in [6, 6.07) is 8.93. The minimum Gasteiger partial charge on any atom is -0.507 e. The molecule has 0 spiro atoms. The highest BCUT2D eigenvalue weighted by atomic mass is 35.5. The Morgan fingerprint density at radius 3 is 2.40 bits per heavy atom. The molecule has 1 unspecified atom stereocenters. The summed E-state index contributed by atoms with van der Waals surface area (Å²) in [5.41, 5.74) is 0.629. The molecule has 0 radical (unpaired) electrons. The van der Waals surface area contributed by atoms with E-state index in [1.807, 2.05) is 13.8 Å². The Morgan fingerprint density at radius 1 is 1.13 bits per heavy atom. The minimum atomic E-state index is -0.893. The molecule has 1 N–H and O–H groups in total. The molecule has 1 amide bonds. The van der Waals surface area contributed by atoms with Crippen LogP contribution >= 0.6 is 23.2 Å². The number of Topliss-reactive ketones (excluding diaryl/α,β-unsaturated/α-hetero) is 1. The number of likely N-dealkylation sites (tertiary alicyclic amines) is 1. The zero-order valence-electron chi connectivity index (χ0n) is 16.4. The average molecular weight is 452 g/mol. The molecule has 2 aromatic rings. The summed E-state index contributed by atoms with van der Waals surface area (Å²) in [5.74, 6) is -2.44. The lowest BCUT2D eigenvalue weighted by Gasteiger charge is -2.25. The van der Waals surface area contributed by atoms with Crippen LogP contribution in [0.15, 0.2) is 48.0 Å². The third-order valence-corrected chi connectivity index (χ3v) is 5.44. The van der Waals surface area contributed by atoms with Crippen LogP contribution in [0.4, 0.5) is 4.39 Å². The van der Waals surface area contributed by atoms with Crippen LogP contribution in [0.5, 0.6) is 0 Å². The maximum atomic E-state index is 13.5. The Labute approximate surface area is 183 Å². The maximum Gasteiger partial charge on any atom is 0.295 e. The Kier molecular flexibility index (Phi) is 6.81. The fourth-order valence-corrected chi connectivity index (χ4v) is 3.59. The van der Waals surface area contributed by atoms with Gasteiger partial charge in [-0.25, -0.2) is 4.39 Å². The molecule has 30 heavy (non-hydrogen) atoms. The summed E-state index contributed by atoms with van der Waals surface area (Å²) in [7, 11) is 0. The number of carbonyl (C=O) groups excluding carboxylic acids is 2. The SMILES string of the molecule is CC(C)OCCN1C(=O)C(=O)/C(=C(\O)c2ccc(Cl)c(Cl)c2)C1c1ccc(F)cc1. The molecule has 1 fully saturated rings. The monoisotopic (exact) mass is 451 g/mol. The Bertz CT molecular complexity index is 1000. The van der Waals surface area contributed by atoms with E-state index in [1.54, 1.807) is 0 Å². The van der Waals surface area contributed by atoms with Gasteiger partial charge in [0.05, 0.1) is 34.4 Å². The van der Waals surface area contributed by atoms with Crippen molar-refractivity contribution in [2.24, 2.45) is 0 Å². The van der Waals surface area contributed by atoms with Crippen LogP contribution in [-0.2, 0) is 14.3 Å². The van der Waals surface area contributed by atoms with Crippen LogP contribution in [0.1, 0.15) is 31.0 Å². The normalized spacial score (nSPS) is 18.5. The van der Waals surface area contributed by atoms with Gasteiger partial charge in [0.15, 0.2) is 0 Å². The van der Waals surface area contributed by atoms with Crippen molar-refractivity contribution in [1.82, 2.24) is 4.90 Å². The van der Waals surface area contributed by atoms with Gasteiger partial charge in [0.1, 0.15) is 11.6 Å². The zero-order chi connectivity index (χ0) is 22.0. The number of ether oxygens (including phenoxy) is 1. The predicted octanol–water partition coefficient (Wildman–Crippen LogP) is 4.98. The first-order valence-corrected chi connectivity index (χ1v) is 10.1. The van der Waals surface area contributed by atoms with Crippen molar-refractivity contribution >= 4 is 40.7 Å². The summed E-state index contributed by atoms with van der Waals surface area (Å²) in [6.07, 6.45) is -0.0534. The molecule has 0 saturated carbocycles. The van der Waals surface area contributed by atoms with E-state index in [2.05, 4.69) is 0 Å². The highest BCUT2D eigenvalue weighted by Gasteiger charge is 2.45. The first-order chi connectivity index (χ1) is 14.2. The number of amides is 1. The van der Waals surface area contributed by atoms with Crippen molar-refractivity contribution in [3.63, 3.8) is 0 Å². The number of hydrogen-bond acceptors (Lipinski definition) is 4. The minimum absolute atomic E-state index is 0.0534. The van der Waals surface area contributed by atoms with E-state index in [1.165, 1.54) is 47.4 Å². The fourth-order valence-electron chi connectivity index (χ4n) is 3.29. The lowest BCUT2D eigenvalue weighted by Crippen LogP contribution is -2.33. The molecule has 1 atom stereocenters. The van der Waals surface area contributed by atoms with Gasteiger partial charge in [-0.2, -0.15) is 0 Å². The molecule has 0 aliphatic carbocycles. The van der Waals surface area contributed by atoms with E-state index in [9.17, 15) is 19.1 Å². The second kappa shape index (κ2) is 9.16. The third-order valence-electron chi connectivity index (χ3n) is 4.70. The topological polar surface area (TPSA) is 66.8 Å². The number of benzene rings is 2. The summed E-state index contributed by atoms with van der Waals surface area (Å²) in [4.78, 5) is 26.9. The van der Waals surface area contributed by atoms with Gasteiger partial charge in [-0.05, 0) is 49.7 Å². The number of aliphatic hydroxyl groups is 1. The summed E-state index contributed by atoms with van der Waals surface area (Å²) >= 11 is 12.0. The van der Waals surface area contributed by atoms with Gasteiger partial charge >= 0.3 is 0 Å². The number of hydrogen-bond donors (Lipinski definition) is 1. The number of nitrogens with zero attached hydrogens (tertiary/aromatic N) is 1. The van der Waals surface area contributed by atoms with Gasteiger partial charge in [-0.1, -0.05) is 35.3 Å². The molecule has 1 aliphatic heterocycles. The molecule has 3 rings (SSSR count). The Morgan fingerprint density at radius 2 is 1.80 bits per heavy atom. The van der Waals surface area contributed by atoms with Crippen LogP contribution in [0, 0.1) is 5.82 Å². The fraction of sp³-hybridized carbons (Fsp3) is 0.273. The second-order valence-corrected chi connectivity index (χ2v) is 7.91. The van der Waals surface area contributed by atoms with Crippen molar-refractivity contribution in [3.05, 3.63) is 75.0 Å². The lowest BCUT2D eigenvalue weighted by atomic mass is 9.95. The highest BCUT2D eigenvalue weighted by molar-refractivity contribution is 6.46. The zero-order valence-corrected chi connectivity index (χ0v) is 17.9. The van der Waals surface area contributed by atoms with Gasteiger partial charge in [0.2, 0.25) is 0 Å². The van der Waals surface area contributed by atoms with E-state index in [0.717, 1.165) is 0 Å². The predicted molar refractivity (Wildman–Crippen MR) is 113 cm³/mol. The lowest BCUT2D eigenvalue weighted by molar-refractivity contribution is -0.140. The first kappa shape index (κ1) is 22.3. The molecule has 0 bridgehead atoms. The van der Waals surface area contributed by atoms with Crippen LogP contribution < -0.4 is 0 Å². The standard InChI is InChI=1S/C22H20Cl2FNO4/c1-12(2)30-10-9-26-19(13-3-6-15(25)7-4-13)18(21(28)22(26)29)20(27)14-5-8-16(23)17(24)11-14/h3-8,11-12,19,27H,9-10H2,1-2H3/b20-18-. The summed E-state index contributed by atoms with van der Waals surface area (Å²) < 4.78 is 19.0. The van der Waals surface area contributed by atoms with E-state index in [4.69, 9.17) is 27.9 Å². The molecule has 8 heteroatoms. The average Bonchev–Trinajstić information content (AvgIpc) is 2.95. The van der Waals surface area contributed by atoms with Crippen LogP contribution in [0.3, 0.4) is 0 Å². The molecule has 158 valence electrons. The van der Waals surface area contributed by atoms with Crippen LogP contribution in [0.25, 0.3) is 5.76 Å². The second-order valence-electron chi connectivity index (χ2n) is 7.09. The molecule has 1 saturated heterocycles. The molecule has 5 nitrogen and oxygen atoms in total. The van der Waals surface area contributed by atoms with Crippen molar-refractivity contribution < 1.29 is 23.8 Å². The van der Waals surface area contributed by atoms with Gasteiger partial charge < -0.3 is 14.7 Å². The van der Waals surface area contributed by atoms with Gasteiger partial charge in [0, 0.05) is 12.1 Å². The van der Waals surface area contributed by atoms with Gasteiger partial charge in [-0.3, -0.25) is 9.59 Å². The van der Waals surface area contributed by atoms with Crippen LogP contribution in [-0.4, -0.2) is 41.0 Å². The van der Waals surface area contributed by atoms with Crippen LogP contribution in [0.2, 0.25) is 10.0 Å². The van der Waals surface area contributed by atoms with Gasteiger partial charge in [0.25, 0.3) is 11.7 Å². The number of rotatable bonds is 6. The van der Waals surface area contributed by atoms with Crippen molar-refractivity contribution in [2.75, 3.05) is 13.2 Å². The summed E-state index contributed by atoms with van der Waals surface area (Å²) in [5, 5.41) is 11.4. The molecule has 1 aliphatic rings. The van der Waals surface area contributed by atoms with Gasteiger partial charge in [-0.15, -0.1) is 0 Å². The number of ketones is 1. The highest BCUT2D eigenvalue weighted by Crippen LogP contribution is 2.40. The molecular formula is C22H20Cl2FNO4. The largest absolute Gasteiger partial charge is 0.507 e. The Hall–Kier alpha value is -2.41. The third kappa shape index (κ3) is 4.51. The number of carbonyl (C=O) groups is 2. The van der Waals surface area contributed by atoms with E-state index < -0.39 is 23.5 Å². The van der Waals surface area contributed by atoms with E-state index in [0.29, 0.717) is 5.56 Å². The quantitative estimate of drug-likeness (QED) is 0.382.